The van der Waals surface area contributed by atoms with Crippen molar-refractivity contribution in [1.29, 1.82) is 0 Å². The lowest BCUT2D eigenvalue weighted by Crippen LogP contribution is -2.31. The second kappa shape index (κ2) is 5.72. The van der Waals surface area contributed by atoms with E-state index < -0.39 is 20.5 Å². The molecule has 1 aliphatic carbocycles. The molecule has 1 fully saturated rings. The van der Waals surface area contributed by atoms with Crippen molar-refractivity contribution >= 4 is 9.84 Å². The molecule has 4 N–H and O–H groups in total. The fourth-order valence-electron chi connectivity index (χ4n) is 3.88. The number of fused-ring (bicyclic) bond motifs is 1. The van der Waals surface area contributed by atoms with E-state index >= 15 is 0 Å². The van der Waals surface area contributed by atoms with Gasteiger partial charge in [-0.1, -0.05) is 24.3 Å². The fourth-order valence-corrected chi connectivity index (χ4v) is 6.38. The van der Waals surface area contributed by atoms with Crippen molar-refractivity contribution in [1.82, 2.24) is 0 Å². The highest BCUT2D eigenvalue weighted by atomic mass is 32.2. The van der Waals surface area contributed by atoms with E-state index in [4.69, 9.17) is 20.9 Å². The number of rotatable bonds is 5. The zero-order valence-electron chi connectivity index (χ0n) is 13.6. The molecule has 0 unspecified atom stereocenters. The van der Waals surface area contributed by atoms with Gasteiger partial charge in [-0.05, 0) is 29.8 Å². The molecule has 0 amide bonds. The molecule has 6 nitrogen and oxygen atoms in total. The van der Waals surface area contributed by atoms with E-state index in [1.807, 2.05) is 12.1 Å². The largest absolute Gasteiger partial charge is 0.454 e. The lowest BCUT2D eigenvalue weighted by molar-refractivity contribution is 0.174. The standard InChI is InChI=1S/C18H20N2O4S/c19-9-18(10-20)16(12-6-7-14-15(8-12)24-11-23-14)17(18)25(21,22)13-4-2-1-3-5-13/h1-8,16-17H,9-11,19-20H2/t16-,17+/m0/s1. The molecular formula is C18H20N2O4S. The zero-order valence-corrected chi connectivity index (χ0v) is 14.4. The second-order valence-electron chi connectivity index (χ2n) is 6.51. The molecule has 25 heavy (non-hydrogen) atoms. The van der Waals surface area contributed by atoms with Gasteiger partial charge in [-0.2, -0.15) is 0 Å². The van der Waals surface area contributed by atoms with Crippen LogP contribution in [0.5, 0.6) is 11.5 Å². The number of hydrogen-bond acceptors (Lipinski definition) is 6. The SMILES string of the molecule is NCC1(CN)[C@H](S(=O)(=O)c2ccccc2)[C@@H]1c1ccc2c(c1)OCO2. The molecule has 132 valence electrons. The smallest absolute Gasteiger partial charge is 0.231 e. The first-order valence-electron chi connectivity index (χ1n) is 8.13. The van der Waals surface area contributed by atoms with Crippen LogP contribution in [-0.2, 0) is 9.84 Å². The summed E-state index contributed by atoms with van der Waals surface area (Å²) >= 11 is 0. The lowest BCUT2D eigenvalue weighted by Gasteiger charge is -2.13. The van der Waals surface area contributed by atoms with Crippen molar-refractivity contribution in [3.8, 4) is 11.5 Å². The van der Waals surface area contributed by atoms with Gasteiger partial charge in [0, 0.05) is 24.4 Å². The van der Waals surface area contributed by atoms with E-state index in [0.29, 0.717) is 16.4 Å². The Balaban J connectivity index is 1.77. The van der Waals surface area contributed by atoms with Gasteiger partial charge in [-0.25, -0.2) is 8.42 Å². The van der Waals surface area contributed by atoms with Gasteiger partial charge in [0.15, 0.2) is 21.3 Å². The first kappa shape index (κ1) is 16.4. The maximum atomic E-state index is 13.2. The van der Waals surface area contributed by atoms with Gasteiger partial charge in [0.1, 0.15) is 0 Å². The average Bonchev–Trinajstić information content (AvgIpc) is 3.12. The average molecular weight is 360 g/mol. The summed E-state index contributed by atoms with van der Waals surface area (Å²) in [6.07, 6.45) is 0. The lowest BCUT2D eigenvalue weighted by atomic mass is 9.99. The highest BCUT2D eigenvalue weighted by Gasteiger charge is 2.69. The minimum absolute atomic E-state index is 0.175. The molecule has 0 saturated heterocycles. The van der Waals surface area contributed by atoms with Crippen LogP contribution in [0.25, 0.3) is 0 Å². The topological polar surface area (TPSA) is 105 Å². The Morgan fingerprint density at radius 2 is 1.68 bits per heavy atom. The molecule has 2 aromatic rings. The summed E-state index contributed by atoms with van der Waals surface area (Å²) in [4.78, 5) is 0.300. The molecule has 7 heteroatoms. The molecular weight excluding hydrogens is 340 g/mol. The van der Waals surface area contributed by atoms with Crippen LogP contribution in [0.3, 0.4) is 0 Å². The Hall–Kier alpha value is -2.09. The molecule has 2 aliphatic rings. The summed E-state index contributed by atoms with van der Waals surface area (Å²) < 4.78 is 37.1. The molecule has 2 atom stereocenters. The third-order valence-electron chi connectivity index (χ3n) is 5.30. The number of hydrogen-bond donors (Lipinski definition) is 2. The first-order valence-corrected chi connectivity index (χ1v) is 9.68. The van der Waals surface area contributed by atoms with Crippen LogP contribution in [0.15, 0.2) is 53.4 Å². The number of nitrogens with two attached hydrogens (primary N) is 2. The van der Waals surface area contributed by atoms with E-state index in [9.17, 15) is 8.42 Å². The highest BCUT2D eigenvalue weighted by Crippen LogP contribution is 2.63. The predicted molar refractivity (Wildman–Crippen MR) is 93.3 cm³/mol. The molecule has 0 spiro atoms. The molecule has 1 heterocycles. The summed E-state index contributed by atoms with van der Waals surface area (Å²) in [7, 11) is -3.54. The maximum Gasteiger partial charge on any atom is 0.231 e. The van der Waals surface area contributed by atoms with Crippen molar-refractivity contribution in [3.63, 3.8) is 0 Å². The number of benzene rings is 2. The third-order valence-corrected chi connectivity index (χ3v) is 7.64. The van der Waals surface area contributed by atoms with Crippen LogP contribution < -0.4 is 20.9 Å². The maximum absolute atomic E-state index is 13.2. The van der Waals surface area contributed by atoms with Crippen molar-refractivity contribution in [2.45, 2.75) is 16.1 Å². The Bertz CT molecular complexity index is 895. The third kappa shape index (κ3) is 2.34. The molecule has 0 aromatic heterocycles. The van der Waals surface area contributed by atoms with Gasteiger partial charge in [-0.15, -0.1) is 0 Å². The second-order valence-corrected chi connectivity index (χ2v) is 8.58. The van der Waals surface area contributed by atoms with Crippen molar-refractivity contribution in [2.75, 3.05) is 19.9 Å². The Morgan fingerprint density at radius 3 is 2.36 bits per heavy atom. The van der Waals surface area contributed by atoms with Crippen LogP contribution in [0.2, 0.25) is 0 Å². The molecule has 2 aromatic carbocycles. The van der Waals surface area contributed by atoms with E-state index in [1.165, 1.54) is 0 Å². The summed E-state index contributed by atoms with van der Waals surface area (Å²) in [6.45, 7) is 0.590. The van der Waals surface area contributed by atoms with Crippen LogP contribution >= 0.6 is 0 Å². The van der Waals surface area contributed by atoms with Gasteiger partial charge >= 0.3 is 0 Å². The Kier molecular flexibility index (Phi) is 3.75. The van der Waals surface area contributed by atoms with Crippen LogP contribution in [-0.4, -0.2) is 33.6 Å². The minimum Gasteiger partial charge on any atom is -0.454 e. The monoisotopic (exact) mass is 360 g/mol. The van der Waals surface area contributed by atoms with E-state index in [2.05, 4.69) is 0 Å². The van der Waals surface area contributed by atoms with Gasteiger partial charge in [0.25, 0.3) is 0 Å². The normalized spacial score (nSPS) is 23.4. The molecule has 1 saturated carbocycles. The van der Waals surface area contributed by atoms with Gasteiger partial charge in [0.05, 0.1) is 10.1 Å². The quantitative estimate of drug-likeness (QED) is 0.832. The fraction of sp³-hybridized carbons (Fsp3) is 0.333. The minimum atomic E-state index is -3.54. The summed E-state index contributed by atoms with van der Waals surface area (Å²) in [5, 5.41) is -0.641. The molecule has 1 aliphatic heterocycles. The Morgan fingerprint density at radius 1 is 1.00 bits per heavy atom. The molecule has 0 bridgehead atoms. The van der Waals surface area contributed by atoms with Crippen molar-refractivity contribution in [2.24, 2.45) is 16.9 Å². The summed E-state index contributed by atoms with van der Waals surface area (Å²) in [6, 6.07) is 14.0. The van der Waals surface area contributed by atoms with Crippen LogP contribution in [0.4, 0.5) is 0 Å². The van der Waals surface area contributed by atoms with Crippen LogP contribution in [0, 0.1) is 5.41 Å². The van der Waals surface area contributed by atoms with E-state index in [1.54, 1.807) is 36.4 Å². The van der Waals surface area contributed by atoms with Gasteiger partial charge in [-0.3, -0.25) is 0 Å². The zero-order chi connectivity index (χ0) is 17.7. The summed E-state index contributed by atoms with van der Waals surface area (Å²) in [5.74, 6) is 1.03. The predicted octanol–water partition coefficient (Wildman–Crippen LogP) is 1.26. The molecule has 4 rings (SSSR count). The van der Waals surface area contributed by atoms with Crippen molar-refractivity contribution in [3.05, 3.63) is 54.1 Å². The van der Waals surface area contributed by atoms with Gasteiger partial charge < -0.3 is 20.9 Å². The Labute approximate surface area is 146 Å². The molecule has 0 radical (unpaired) electrons. The van der Waals surface area contributed by atoms with Crippen LogP contribution in [0.1, 0.15) is 11.5 Å². The van der Waals surface area contributed by atoms with Crippen molar-refractivity contribution < 1.29 is 17.9 Å². The summed E-state index contributed by atoms with van der Waals surface area (Å²) in [5.41, 5.74) is 12.2. The van der Waals surface area contributed by atoms with E-state index in [-0.39, 0.29) is 25.8 Å². The van der Waals surface area contributed by atoms with Gasteiger partial charge in [0.2, 0.25) is 6.79 Å². The number of sulfone groups is 1. The number of ether oxygens (including phenoxy) is 2. The highest BCUT2D eigenvalue weighted by molar-refractivity contribution is 7.92. The van der Waals surface area contributed by atoms with E-state index in [0.717, 1.165) is 5.56 Å². The first-order chi connectivity index (χ1) is 12.0.